The monoisotopic (exact) mass is 254 g/mol. The Labute approximate surface area is 112 Å². The van der Waals surface area contributed by atoms with Crippen molar-refractivity contribution in [1.82, 2.24) is 0 Å². The minimum atomic E-state index is 0.528. The van der Waals surface area contributed by atoms with Crippen molar-refractivity contribution < 1.29 is 9.47 Å². The SMILES string of the molecule is CCC1COC(CC(C)C2CCC(OC)CC2)C1. The fourth-order valence-electron chi connectivity index (χ4n) is 3.73. The zero-order valence-corrected chi connectivity index (χ0v) is 12.4. The van der Waals surface area contributed by atoms with Crippen LogP contribution in [0.15, 0.2) is 0 Å². The van der Waals surface area contributed by atoms with Gasteiger partial charge in [0.2, 0.25) is 0 Å². The van der Waals surface area contributed by atoms with Crippen molar-refractivity contribution in [2.75, 3.05) is 13.7 Å². The summed E-state index contributed by atoms with van der Waals surface area (Å²) in [6.45, 7) is 5.72. The lowest BCUT2D eigenvalue weighted by Crippen LogP contribution is -2.26. The molecule has 2 fully saturated rings. The van der Waals surface area contributed by atoms with Crippen LogP contribution in [0.1, 0.15) is 58.8 Å². The van der Waals surface area contributed by atoms with Gasteiger partial charge in [0.25, 0.3) is 0 Å². The maximum atomic E-state index is 5.94. The molecule has 2 aliphatic rings. The summed E-state index contributed by atoms with van der Waals surface area (Å²) in [5, 5.41) is 0. The minimum Gasteiger partial charge on any atom is -0.381 e. The van der Waals surface area contributed by atoms with Crippen LogP contribution in [0.5, 0.6) is 0 Å². The topological polar surface area (TPSA) is 18.5 Å². The first-order chi connectivity index (χ1) is 8.72. The lowest BCUT2D eigenvalue weighted by atomic mass is 9.77. The van der Waals surface area contributed by atoms with Gasteiger partial charge in [-0.2, -0.15) is 0 Å². The summed E-state index contributed by atoms with van der Waals surface area (Å²) < 4.78 is 11.4. The van der Waals surface area contributed by atoms with Crippen molar-refractivity contribution in [3.63, 3.8) is 0 Å². The molecule has 0 radical (unpaired) electrons. The quantitative estimate of drug-likeness (QED) is 0.737. The molecule has 1 saturated heterocycles. The molecule has 106 valence electrons. The van der Waals surface area contributed by atoms with E-state index in [0.717, 1.165) is 24.4 Å². The highest BCUT2D eigenvalue weighted by atomic mass is 16.5. The smallest absolute Gasteiger partial charge is 0.0581 e. The van der Waals surface area contributed by atoms with Crippen molar-refractivity contribution in [3.05, 3.63) is 0 Å². The van der Waals surface area contributed by atoms with Crippen molar-refractivity contribution in [1.29, 1.82) is 0 Å². The van der Waals surface area contributed by atoms with Gasteiger partial charge in [0.05, 0.1) is 12.2 Å². The summed E-state index contributed by atoms with van der Waals surface area (Å²) >= 11 is 0. The van der Waals surface area contributed by atoms with Gasteiger partial charge in [-0.25, -0.2) is 0 Å². The largest absolute Gasteiger partial charge is 0.381 e. The summed E-state index contributed by atoms with van der Waals surface area (Å²) in [4.78, 5) is 0. The molecule has 0 bridgehead atoms. The van der Waals surface area contributed by atoms with E-state index < -0.39 is 0 Å². The molecule has 0 spiro atoms. The Bertz CT molecular complexity index is 233. The molecule has 0 N–H and O–H groups in total. The summed E-state index contributed by atoms with van der Waals surface area (Å²) in [5.41, 5.74) is 0. The van der Waals surface area contributed by atoms with Crippen LogP contribution in [-0.2, 0) is 9.47 Å². The summed E-state index contributed by atoms with van der Waals surface area (Å²) in [7, 11) is 1.85. The Kier molecular flexibility index (Phi) is 5.50. The number of hydrogen-bond donors (Lipinski definition) is 0. The van der Waals surface area contributed by atoms with Crippen molar-refractivity contribution in [2.45, 2.75) is 71.0 Å². The third kappa shape index (κ3) is 3.71. The van der Waals surface area contributed by atoms with Crippen LogP contribution in [0, 0.1) is 17.8 Å². The van der Waals surface area contributed by atoms with Crippen molar-refractivity contribution in [2.24, 2.45) is 17.8 Å². The molecule has 2 rings (SSSR count). The molecule has 0 amide bonds. The predicted octanol–water partition coefficient (Wildman–Crippen LogP) is 4.03. The van der Waals surface area contributed by atoms with Gasteiger partial charge in [0, 0.05) is 13.7 Å². The zero-order chi connectivity index (χ0) is 13.0. The fraction of sp³-hybridized carbons (Fsp3) is 1.00. The van der Waals surface area contributed by atoms with Gasteiger partial charge >= 0.3 is 0 Å². The average molecular weight is 254 g/mol. The van der Waals surface area contributed by atoms with Crippen LogP contribution < -0.4 is 0 Å². The van der Waals surface area contributed by atoms with Crippen molar-refractivity contribution >= 4 is 0 Å². The molecule has 1 saturated carbocycles. The highest BCUT2D eigenvalue weighted by molar-refractivity contribution is 4.80. The molecule has 1 heterocycles. The van der Waals surface area contributed by atoms with E-state index in [4.69, 9.17) is 9.47 Å². The van der Waals surface area contributed by atoms with E-state index in [1.807, 2.05) is 7.11 Å². The maximum absolute atomic E-state index is 5.94. The zero-order valence-electron chi connectivity index (χ0n) is 12.4. The van der Waals surface area contributed by atoms with Gasteiger partial charge in [0.1, 0.15) is 0 Å². The molecule has 18 heavy (non-hydrogen) atoms. The summed E-state index contributed by atoms with van der Waals surface area (Å²) in [6.07, 6.45) is 10.2. The molecule has 3 unspecified atom stereocenters. The molecule has 1 aliphatic heterocycles. The lowest BCUT2D eigenvalue weighted by molar-refractivity contribution is 0.0353. The molecule has 2 nitrogen and oxygen atoms in total. The van der Waals surface area contributed by atoms with E-state index >= 15 is 0 Å². The average Bonchev–Trinajstić information content (AvgIpc) is 2.86. The Balaban J connectivity index is 1.70. The van der Waals surface area contributed by atoms with E-state index in [9.17, 15) is 0 Å². The molecule has 0 aromatic heterocycles. The standard InChI is InChI=1S/C16H30O2/c1-4-13-10-16(18-11-13)9-12(2)14-5-7-15(17-3)8-6-14/h12-16H,4-11H2,1-3H3. The van der Waals surface area contributed by atoms with Gasteiger partial charge in [-0.1, -0.05) is 20.3 Å². The molecule has 3 atom stereocenters. The van der Waals surface area contributed by atoms with Gasteiger partial charge in [0.15, 0.2) is 0 Å². The fourth-order valence-corrected chi connectivity index (χ4v) is 3.73. The molecule has 1 aliphatic carbocycles. The van der Waals surface area contributed by atoms with Crippen LogP contribution in [0.2, 0.25) is 0 Å². The van der Waals surface area contributed by atoms with Crippen LogP contribution in [0.3, 0.4) is 0 Å². The van der Waals surface area contributed by atoms with E-state index in [-0.39, 0.29) is 0 Å². The Hall–Kier alpha value is -0.0800. The Morgan fingerprint density at radius 1 is 1.22 bits per heavy atom. The first-order valence-electron chi connectivity index (χ1n) is 7.87. The van der Waals surface area contributed by atoms with E-state index in [2.05, 4.69) is 13.8 Å². The maximum Gasteiger partial charge on any atom is 0.0581 e. The molecular formula is C16H30O2. The lowest BCUT2D eigenvalue weighted by Gasteiger charge is -2.32. The number of hydrogen-bond acceptors (Lipinski definition) is 2. The molecule has 0 aromatic carbocycles. The van der Waals surface area contributed by atoms with Crippen LogP contribution >= 0.6 is 0 Å². The molecular weight excluding hydrogens is 224 g/mol. The first-order valence-corrected chi connectivity index (χ1v) is 7.87. The number of methoxy groups -OCH3 is 1. The molecule has 0 aromatic rings. The van der Waals surface area contributed by atoms with Crippen LogP contribution in [0.25, 0.3) is 0 Å². The second-order valence-electron chi connectivity index (χ2n) is 6.45. The third-order valence-corrected chi connectivity index (χ3v) is 5.23. The van der Waals surface area contributed by atoms with Gasteiger partial charge < -0.3 is 9.47 Å². The highest BCUT2D eigenvalue weighted by Crippen LogP contribution is 2.36. The second kappa shape index (κ2) is 6.91. The van der Waals surface area contributed by atoms with Crippen LogP contribution in [0.4, 0.5) is 0 Å². The Morgan fingerprint density at radius 3 is 2.50 bits per heavy atom. The van der Waals surface area contributed by atoms with E-state index in [0.29, 0.717) is 12.2 Å². The highest BCUT2D eigenvalue weighted by Gasteiger charge is 2.30. The van der Waals surface area contributed by atoms with E-state index in [1.54, 1.807) is 0 Å². The van der Waals surface area contributed by atoms with Crippen molar-refractivity contribution in [3.8, 4) is 0 Å². The van der Waals surface area contributed by atoms with Gasteiger partial charge in [-0.15, -0.1) is 0 Å². The summed E-state index contributed by atoms with van der Waals surface area (Å²) in [6, 6.07) is 0. The number of ether oxygens (including phenoxy) is 2. The van der Waals surface area contributed by atoms with Crippen LogP contribution in [-0.4, -0.2) is 25.9 Å². The van der Waals surface area contributed by atoms with Gasteiger partial charge in [-0.3, -0.25) is 0 Å². The second-order valence-corrected chi connectivity index (χ2v) is 6.45. The number of rotatable bonds is 5. The normalized spacial score (nSPS) is 38.8. The first kappa shape index (κ1) is 14.3. The third-order valence-electron chi connectivity index (χ3n) is 5.23. The molecule has 2 heteroatoms. The minimum absolute atomic E-state index is 0.528. The summed E-state index contributed by atoms with van der Waals surface area (Å²) in [5.74, 6) is 2.55. The predicted molar refractivity (Wildman–Crippen MR) is 74.7 cm³/mol. The Morgan fingerprint density at radius 2 is 1.94 bits per heavy atom. The van der Waals surface area contributed by atoms with Gasteiger partial charge in [-0.05, 0) is 56.3 Å². The van der Waals surface area contributed by atoms with E-state index in [1.165, 1.54) is 44.9 Å².